The van der Waals surface area contributed by atoms with Crippen LogP contribution in [0.1, 0.15) is 37.7 Å². The van der Waals surface area contributed by atoms with Gasteiger partial charge in [-0.3, -0.25) is 0 Å². The molecule has 0 heteroatoms. The highest BCUT2D eigenvalue weighted by atomic mass is 14.5. The minimum atomic E-state index is 0.584. The van der Waals surface area contributed by atoms with E-state index in [1.54, 1.807) is 0 Å². The molecule has 1 aromatic rings. The molecule has 1 aromatic carbocycles. The molecule has 0 radical (unpaired) electrons. The third kappa shape index (κ3) is 1.73. The second kappa shape index (κ2) is 3.52. The van der Waals surface area contributed by atoms with Gasteiger partial charge in [-0.05, 0) is 49.0 Å². The summed E-state index contributed by atoms with van der Waals surface area (Å²) in [5.41, 5.74) is 1.93. The smallest absolute Gasteiger partial charge is 0.0112 e. The van der Waals surface area contributed by atoms with Gasteiger partial charge in [-0.25, -0.2) is 0 Å². The summed E-state index contributed by atoms with van der Waals surface area (Å²) in [7, 11) is 0. The molecule has 2 aliphatic carbocycles. The molecule has 78 valence electrons. The average Bonchev–Trinajstić information content (AvgIpc) is 2.89. The van der Waals surface area contributed by atoms with Crippen LogP contribution in [-0.2, 0) is 0 Å². The van der Waals surface area contributed by atoms with Crippen LogP contribution in [0.15, 0.2) is 36.4 Å². The van der Waals surface area contributed by atoms with Crippen molar-refractivity contribution >= 4 is 6.08 Å². The summed E-state index contributed by atoms with van der Waals surface area (Å²) in [4.78, 5) is 0. The highest BCUT2D eigenvalue weighted by Gasteiger charge is 2.42. The Kier molecular flexibility index (Phi) is 2.16. The summed E-state index contributed by atoms with van der Waals surface area (Å²) < 4.78 is 0. The Hall–Kier alpha value is -1.04. The quantitative estimate of drug-likeness (QED) is 0.665. The van der Waals surface area contributed by atoms with E-state index in [-0.39, 0.29) is 0 Å². The van der Waals surface area contributed by atoms with Crippen molar-refractivity contribution in [1.29, 1.82) is 0 Å². The molecule has 0 N–H and O–H groups in total. The zero-order chi connectivity index (χ0) is 10.1. The minimum Gasteiger partial charge on any atom is -0.0777 e. The molecule has 0 saturated heterocycles. The molecule has 0 heterocycles. The lowest BCUT2D eigenvalue weighted by atomic mass is 9.83. The first-order valence-electron chi connectivity index (χ1n) is 6.11. The summed E-state index contributed by atoms with van der Waals surface area (Å²) in [5.74, 6) is 1.05. The Morgan fingerprint density at radius 2 is 1.80 bits per heavy atom. The largest absolute Gasteiger partial charge is 0.0777 e. The molecule has 3 rings (SSSR count). The molecule has 0 aromatic heterocycles. The van der Waals surface area contributed by atoms with Gasteiger partial charge >= 0.3 is 0 Å². The topological polar surface area (TPSA) is 0 Å². The zero-order valence-electron chi connectivity index (χ0n) is 9.15. The Balaban J connectivity index is 1.78. The SMILES string of the molecule is C(=CC12CCC(CC1)C2)c1ccccc1. The Labute approximate surface area is 92.0 Å². The van der Waals surface area contributed by atoms with Crippen molar-refractivity contribution in [2.75, 3.05) is 0 Å². The van der Waals surface area contributed by atoms with Crippen molar-refractivity contribution < 1.29 is 0 Å². The third-order valence-corrected chi connectivity index (χ3v) is 4.23. The van der Waals surface area contributed by atoms with Gasteiger partial charge in [0, 0.05) is 0 Å². The van der Waals surface area contributed by atoms with Crippen molar-refractivity contribution in [3.63, 3.8) is 0 Å². The summed E-state index contributed by atoms with van der Waals surface area (Å²) >= 11 is 0. The van der Waals surface area contributed by atoms with Crippen LogP contribution in [-0.4, -0.2) is 0 Å². The highest BCUT2D eigenvalue weighted by Crippen LogP contribution is 2.55. The molecule has 2 bridgehead atoms. The number of fused-ring (bicyclic) bond motifs is 2. The lowest BCUT2D eigenvalue weighted by molar-refractivity contribution is 0.385. The van der Waals surface area contributed by atoms with Crippen LogP contribution < -0.4 is 0 Å². The Bertz CT molecular complexity index is 353. The van der Waals surface area contributed by atoms with Crippen LogP contribution in [0, 0.1) is 11.3 Å². The molecule has 0 spiro atoms. The molecule has 0 amide bonds. The van der Waals surface area contributed by atoms with E-state index in [0.717, 1.165) is 5.92 Å². The van der Waals surface area contributed by atoms with Crippen molar-refractivity contribution in [3.8, 4) is 0 Å². The van der Waals surface area contributed by atoms with E-state index in [2.05, 4.69) is 42.5 Å². The predicted octanol–water partition coefficient (Wildman–Crippen LogP) is 4.28. The van der Waals surface area contributed by atoms with E-state index in [0.29, 0.717) is 5.41 Å². The number of rotatable bonds is 2. The van der Waals surface area contributed by atoms with Gasteiger partial charge in [-0.15, -0.1) is 0 Å². The minimum absolute atomic E-state index is 0.584. The van der Waals surface area contributed by atoms with Crippen LogP contribution in [0.5, 0.6) is 0 Å². The number of benzene rings is 1. The van der Waals surface area contributed by atoms with Gasteiger partial charge in [-0.1, -0.05) is 42.5 Å². The van der Waals surface area contributed by atoms with Gasteiger partial charge in [0.15, 0.2) is 0 Å². The molecule has 15 heavy (non-hydrogen) atoms. The van der Waals surface area contributed by atoms with E-state index < -0.39 is 0 Å². The average molecular weight is 198 g/mol. The van der Waals surface area contributed by atoms with E-state index in [4.69, 9.17) is 0 Å². The monoisotopic (exact) mass is 198 g/mol. The van der Waals surface area contributed by atoms with Gasteiger partial charge in [0.1, 0.15) is 0 Å². The van der Waals surface area contributed by atoms with E-state index in [1.807, 2.05) is 0 Å². The maximum Gasteiger partial charge on any atom is -0.0112 e. The van der Waals surface area contributed by atoms with E-state index >= 15 is 0 Å². The second-order valence-electron chi connectivity index (χ2n) is 5.25. The predicted molar refractivity (Wildman–Crippen MR) is 64.5 cm³/mol. The Morgan fingerprint density at radius 3 is 2.40 bits per heavy atom. The summed E-state index contributed by atoms with van der Waals surface area (Å²) in [6, 6.07) is 10.7. The van der Waals surface area contributed by atoms with Gasteiger partial charge < -0.3 is 0 Å². The summed E-state index contributed by atoms with van der Waals surface area (Å²) in [6.07, 6.45) is 12.1. The number of hydrogen-bond donors (Lipinski definition) is 0. The van der Waals surface area contributed by atoms with Crippen LogP contribution in [0.2, 0.25) is 0 Å². The number of hydrogen-bond acceptors (Lipinski definition) is 0. The lowest BCUT2D eigenvalue weighted by Gasteiger charge is -2.21. The van der Waals surface area contributed by atoms with Crippen molar-refractivity contribution in [2.24, 2.45) is 11.3 Å². The molecule has 2 aliphatic rings. The number of allylic oxidation sites excluding steroid dienone is 1. The standard InChI is InChI=1S/C15H18/c1-2-4-13(5-3-1)6-9-15-10-7-14(12-15)8-11-15/h1-6,9,14H,7-8,10-12H2. The van der Waals surface area contributed by atoms with Crippen LogP contribution in [0.25, 0.3) is 6.08 Å². The molecular formula is C15H18. The molecule has 2 fully saturated rings. The maximum atomic E-state index is 2.50. The summed E-state index contributed by atoms with van der Waals surface area (Å²) in [6.45, 7) is 0. The van der Waals surface area contributed by atoms with Crippen LogP contribution in [0.3, 0.4) is 0 Å². The molecular weight excluding hydrogens is 180 g/mol. The highest BCUT2D eigenvalue weighted by molar-refractivity contribution is 5.50. The molecule has 0 aliphatic heterocycles. The third-order valence-electron chi connectivity index (χ3n) is 4.23. The lowest BCUT2D eigenvalue weighted by Crippen LogP contribution is -2.09. The zero-order valence-corrected chi connectivity index (χ0v) is 9.15. The first-order chi connectivity index (χ1) is 7.36. The second-order valence-corrected chi connectivity index (χ2v) is 5.25. The first-order valence-corrected chi connectivity index (χ1v) is 6.11. The maximum absolute atomic E-state index is 2.50. The van der Waals surface area contributed by atoms with Crippen molar-refractivity contribution in [2.45, 2.75) is 32.1 Å². The van der Waals surface area contributed by atoms with Crippen LogP contribution in [0.4, 0.5) is 0 Å². The van der Waals surface area contributed by atoms with E-state index in [1.165, 1.54) is 37.7 Å². The van der Waals surface area contributed by atoms with E-state index in [9.17, 15) is 0 Å². The van der Waals surface area contributed by atoms with Gasteiger partial charge in [0.05, 0.1) is 0 Å². The molecule has 0 atom stereocenters. The Morgan fingerprint density at radius 1 is 1.07 bits per heavy atom. The van der Waals surface area contributed by atoms with Gasteiger partial charge in [-0.2, -0.15) is 0 Å². The van der Waals surface area contributed by atoms with Crippen molar-refractivity contribution in [3.05, 3.63) is 42.0 Å². The van der Waals surface area contributed by atoms with Crippen LogP contribution >= 0.6 is 0 Å². The fourth-order valence-electron chi connectivity index (χ4n) is 3.31. The van der Waals surface area contributed by atoms with Gasteiger partial charge in [0.2, 0.25) is 0 Å². The van der Waals surface area contributed by atoms with Gasteiger partial charge in [0.25, 0.3) is 0 Å². The van der Waals surface area contributed by atoms with Crippen molar-refractivity contribution in [1.82, 2.24) is 0 Å². The first kappa shape index (κ1) is 9.21. The molecule has 0 nitrogen and oxygen atoms in total. The fraction of sp³-hybridized carbons (Fsp3) is 0.467. The molecule has 2 saturated carbocycles. The fourth-order valence-corrected chi connectivity index (χ4v) is 3.31. The molecule has 0 unspecified atom stereocenters. The normalized spacial score (nSPS) is 34.0. The summed E-state index contributed by atoms with van der Waals surface area (Å²) in [5, 5.41) is 0.